The molecule has 54 heavy (non-hydrogen) atoms. The lowest BCUT2D eigenvalue weighted by atomic mass is 9.98. The zero-order chi connectivity index (χ0) is 38.5. The average molecular weight is 770 g/mol. The Labute approximate surface area is 322 Å². The second kappa shape index (κ2) is 23.9. The summed E-state index contributed by atoms with van der Waals surface area (Å²) in [6.07, 6.45) is 21.5. The fourth-order valence-electron chi connectivity index (χ4n) is 7.05. The van der Waals surface area contributed by atoms with Gasteiger partial charge in [-0.3, -0.25) is 9.05 Å². The lowest BCUT2D eigenvalue weighted by molar-refractivity contribution is -0.0763. The van der Waals surface area contributed by atoms with Gasteiger partial charge in [-0.2, -0.15) is 10.4 Å². The molecular formula is C41H64N5O7P. The molecule has 3 aromatic rings. The number of rotatable bonds is 29. The lowest BCUT2D eigenvalue weighted by Gasteiger charge is -2.24. The van der Waals surface area contributed by atoms with Crippen molar-refractivity contribution >= 4 is 19.2 Å². The fraction of sp³-hybridized carbons (Fsp3) is 0.683. The lowest BCUT2D eigenvalue weighted by Crippen LogP contribution is -2.29. The number of benzene rings is 1. The van der Waals surface area contributed by atoms with E-state index >= 15 is 0 Å². The molecule has 5 atom stereocenters. The molecule has 1 aliphatic rings. The Hall–Kier alpha value is -2.88. The summed E-state index contributed by atoms with van der Waals surface area (Å²) in [6, 6.07) is 15.5. The van der Waals surface area contributed by atoms with E-state index in [-0.39, 0.29) is 31.7 Å². The van der Waals surface area contributed by atoms with Crippen molar-refractivity contribution in [3.63, 3.8) is 0 Å². The number of aromatic nitrogens is 3. The van der Waals surface area contributed by atoms with Crippen LogP contribution in [0.25, 0.3) is 5.52 Å². The van der Waals surface area contributed by atoms with Gasteiger partial charge in [0, 0.05) is 6.61 Å². The van der Waals surface area contributed by atoms with Crippen molar-refractivity contribution < 1.29 is 32.7 Å². The molecule has 0 bridgehead atoms. The second-order valence-electron chi connectivity index (χ2n) is 14.6. The zero-order valence-electron chi connectivity index (χ0n) is 32.6. The Bertz CT molecular complexity index is 1570. The van der Waals surface area contributed by atoms with Gasteiger partial charge < -0.3 is 24.8 Å². The van der Waals surface area contributed by atoms with Gasteiger partial charge in [0.05, 0.1) is 37.7 Å². The summed E-state index contributed by atoms with van der Waals surface area (Å²) in [5, 5.41) is 14.4. The maximum atomic E-state index is 13.0. The van der Waals surface area contributed by atoms with Gasteiger partial charge in [0.1, 0.15) is 24.0 Å². The van der Waals surface area contributed by atoms with E-state index in [1.165, 1.54) is 101 Å². The molecule has 0 saturated carbocycles. The molecular weight excluding hydrogens is 705 g/mol. The van der Waals surface area contributed by atoms with Gasteiger partial charge in [0.2, 0.25) is 0 Å². The number of phosphoric ester groups is 1. The predicted octanol–water partition coefficient (Wildman–Crippen LogP) is 9.77. The molecule has 3 N–H and O–H groups in total. The number of phosphoric acid groups is 1. The van der Waals surface area contributed by atoms with Crippen molar-refractivity contribution in [2.24, 2.45) is 0 Å². The van der Waals surface area contributed by atoms with Crippen LogP contribution in [0.5, 0.6) is 0 Å². The molecule has 0 amide bonds. The number of hydrogen-bond acceptors (Lipinski definition) is 10. The Balaban J connectivity index is 1.13. The first-order valence-electron chi connectivity index (χ1n) is 20.3. The van der Waals surface area contributed by atoms with Crippen molar-refractivity contribution in [1.29, 1.82) is 5.26 Å². The van der Waals surface area contributed by atoms with Crippen LogP contribution in [0.3, 0.4) is 0 Å². The van der Waals surface area contributed by atoms with Crippen LogP contribution >= 0.6 is 7.82 Å². The Morgan fingerprint density at radius 2 is 1.57 bits per heavy atom. The minimum atomic E-state index is -4.49. The molecule has 1 fully saturated rings. The molecule has 300 valence electrons. The SMILES string of the molecule is CCCCCCCCCCCCCCCCCCOC[C@H](COP(=O)(O)OC[C@@H]1CC[C@](C#N)(c2ccc3c(N)ncnn23)O1)OC(C)c1ccccc1. The summed E-state index contributed by atoms with van der Waals surface area (Å²) in [4.78, 5) is 14.6. The first kappa shape index (κ1) is 43.8. The molecule has 12 nitrogen and oxygen atoms in total. The van der Waals surface area contributed by atoms with Crippen LogP contribution in [-0.2, 0) is 33.4 Å². The van der Waals surface area contributed by atoms with Gasteiger partial charge in [0.15, 0.2) is 11.4 Å². The molecule has 13 heteroatoms. The van der Waals surface area contributed by atoms with E-state index in [0.717, 1.165) is 18.4 Å². The van der Waals surface area contributed by atoms with E-state index in [4.69, 9.17) is 29.0 Å². The van der Waals surface area contributed by atoms with Crippen LogP contribution < -0.4 is 5.73 Å². The van der Waals surface area contributed by atoms with E-state index in [9.17, 15) is 14.7 Å². The number of nitrogen functional groups attached to an aromatic ring is 1. The van der Waals surface area contributed by atoms with E-state index in [0.29, 0.717) is 30.7 Å². The van der Waals surface area contributed by atoms with Crippen molar-refractivity contribution in [3.8, 4) is 6.07 Å². The van der Waals surface area contributed by atoms with Gasteiger partial charge in [-0.15, -0.1) is 0 Å². The normalized spacial score (nSPS) is 19.5. The highest BCUT2D eigenvalue weighted by molar-refractivity contribution is 7.47. The molecule has 0 radical (unpaired) electrons. The molecule has 1 aliphatic heterocycles. The van der Waals surface area contributed by atoms with Crippen molar-refractivity contribution in [1.82, 2.24) is 14.6 Å². The number of nitrogens with two attached hydrogens (primary N) is 1. The van der Waals surface area contributed by atoms with E-state index in [1.54, 1.807) is 12.1 Å². The van der Waals surface area contributed by atoms with Gasteiger partial charge in [-0.1, -0.05) is 134 Å². The smallest absolute Gasteiger partial charge is 0.382 e. The number of anilines is 1. The largest absolute Gasteiger partial charge is 0.472 e. The summed E-state index contributed by atoms with van der Waals surface area (Å²) in [7, 11) is -4.49. The number of hydrogen-bond donors (Lipinski definition) is 2. The number of ether oxygens (including phenoxy) is 3. The zero-order valence-corrected chi connectivity index (χ0v) is 33.5. The molecule has 0 aliphatic carbocycles. The highest BCUT2D eigenvalue weighted by Crippen LogP contribution is 2.46. The summed E-state index contributed by atoms with van der Waals surface area (Å²) < 4.78 is 43.7. The minimum absolute atomic E-state index is 0.200. The van der Waals surface area contributed by atoms with Crippen LogP contribution in [0.1, 0.15) is 147 Å². The van der Waals surface area contributed by atoms with E-state index in [2.05, 4.69) is 23.1 Å². The van der Waals surface area contributed by atoms with Gasteiger partial charge in [-0.05, 0) is 43.9 Å². The Morgan fingerprint density at radius 1 is 0.944 bits per heavy atom. The highest BCUT2D eigenvalue weighted by Gasteiger charge is 2.45. The van der Waals surface area contributed by atoms with Crippen LogP contribution in [0.4, 0.5) is 5.82 Å². The topological polar surface area (TPSA) is 163 Å². The third kappa shape index (κ3) is 14.6. The molecule has 1 aromatic carbocycles. The maximum absolute atomic E-state index is 13.0. The van der Waals surface area contributed by atoms with Gasteiger partial charge >= 0.3 is 7.82 Å². The molecule has 1 saturated heterocycles. The molecule has 4 rings (SSSR count). The summed E-state index contributed by atoms with van der Waals surface area (Å²) in [6.45, 7) is 4.56. The van der Waals surface area contributed by atoms with Crippen molar-refractivity contribution in [2.75, 3.05) is 32.2 Å². The maximum Gasteiger partial charge on any atom is 0.472 e. The molecule has 2 unspecified atom stereocenters. The van der Waals surface area contributed by atoms with Crippen LogP contribution in [0.15, 0.2) is 48.8 Å². The first-order chi connectivity index (χ1) is 26.3. The summed E-state index contributed by atoms with van der Waals surface area (Å²) in [5.41, 5.74) is 6.69. The first-order valence-corrected chi connectivity index (χ1v) is 21.8. The van der Waals surface area contributed by atoms with Gasteiger partial charge in [-0.25, -0.2) is 14.1 Å². The van der Waals surface area contributed by atoms with E-state index < -0.39 is 25.6 Å². The number of unbranched alkanes of at least 4 members (excludes halogenated alkanes) is 15. The van der Waals surface area contributed by atoms with Crippen molar-refractivity contribution in [3.05, 3.63) is 60.0 Å². The highest BCUT2D eigenvalue weighted by atomic mass is 31.2. The van der Waals surface area contributed by atoms with Crippen LogP contribution in [0, 0.1) is 11.3 Å². The monoisotopic (exact) mass is 769 g/mol. The fourth-order valence-corrected chi connectivity index (χ4v) is 7.83. The summed E-state index contributed by atoms with van der Waals surface area (Å²) >= 11 is 0. The number of nitriles is 1. The third-order valence-electron chi connectivity index (χ3n) is 10.2. The van der Waals surface area contributed by atoms with Crippen LogP contribution in [0.2, 0.25) is 0 Å². The third-order valence-corrected chi connectivity index (χ3v) is 11.2. The quantitative estimate of drug-likeness (QED) is 0.0510. The number of fused-ring (bicyclic) bond motifs is 1. The van der Waals surface area contributed by atoms with Crippen LogP contribution in [-0.4, -0.2) is 58.1 Å². The predicted molar refractivity (Wildman–Crippen MR) is 211 cm³/mol. The van der Waals surface area contributed by atoms with Gasteiger partial charge in [0.25, 0.3) is 0 Å². The average Bonchev–Trinajstić information content (AvgIpc) is 3.82. The van der Waals surface area contributed by atoms with Crippen molar-refractivity contribution in [2.45, 2.75) is 153 Å². The minimum Gasteiger partial charge on any atom is -0.382 e. The standard InChI is InChI=1S/C41H64N5O7P/c1-3-4-5-6-7-8-9-10-11-12-13-14-15-16-17-21-28-49-29-37(52-34(2)35-22-19-18-20-23-35)31-51-54(47,48)50-30-36-26-27-41(32-42,53-36)39-25-24-38-40(43)44-33-45-46(38)39/h18-20,22-25,33-34,36-37H,3-17,21,26-31H2,1-2H3,(H,47,48)(H2,43,44,45)/t34?,36-,37+,41-/m0/s1. The molecule has 2 aromatic heterocycles. The summed E-state index contributed by atoms with van der Waals surface area (Å²) in [5.74, 6) is 0.284. The Morgan fingerprint density at radius 3 is 2.20 bits per heavy atom. The van der Waals surface area contributed by atoms with E-state index in [1.807, 2.05) is 37.3 Å². The molecule has 3 heterocycles. The second-order valence-corrected chi connectivity index (χ2v) is 16.1. The molecule has 0 spiro atoms. The number of nitrogens with zero attached hydrogens (tertiary/aromatic N) is 4. The Kier molecular flexibility index (Phi) is 19.4.